The zero-order valence-corrected chi connectivity index (χ0v) is 13.8. The van der Waals surface area contributed by atoms with E-state index in [0.717, 1.165) is 12.8 Å². The van der Waals surface area contributed by atoms with Crippen molar-refractivity contribution in [1.82, 2.24) is 4.90 Å². The van der Waals surface area contributed by atoms with Gasteiger partial charge in [-0.15, -0.1) is 0 Å². The van der Waals surface area contributed by atoms with Crippen molar-refractivity contribution >= 4 is 11.9 Å². The molecule has 0 spiro atoms. The van der Waals surface area contributed by atoms with Gasteiger partial charge < -0.3 is 10.0 Å². The summed E-state index contributed by atoms with van der Waals surface area (Å²) >= 11 is 0. The number of carbonyl (C=O) groups is 2. The summed E-state index contributed by atoms with van der Waals surface area (Å²) in [4.78, 5) is 25.5. The molecule has 2 rings (SSSR count). The summed E-state index contributed by atoms with van der Waals surface area (Å²) in [5.41, 5.74) is 1.87. The number of aliphatic carboxylic acids is 1. The van der Waals surface area contributed by atoms with Crippen LogP contribution in [0.3, 0.4) is 0 Å². The van der Waals surface area contributed by atoms with Gasteiger partial charge in [0.25, 0.3) is 5.91 Å². The number of amides is 1. The minimum Gasteiger partial charge on any atom is -0.481 e. The summed E-state index contributed by atoms with van der Waals surface area (Å²) in [5, 5.41) is 9.07. The smallest absolute Gasteiger partial charge is 0.308 e. The monoisotopic (exact) mass is 303 g/mol. The second kappa shape index (κ2) is 6.11. The van der Waals surface area contributed by atoms with E-state index in [1.807, 2.05) is 24.3 Å². The lowest BCUT2D eigenvalue weighted by molar-refractivity contribution is -0.141. The highest BCUT2D eigenvalue weighted by Crippen LogP contribution is 2.30. The maximum absolute atomic E-state index is 12.7. The number of carbonyl (C=O) groups excluding carboxylic acids is 1. The van der Waals surface area contributed by atoms with Gasteiger partial charge in [-0.05, 0) is 36.0 Å². The van der Waals surface area contributed by atoms with Crippen molar-refractivity contribution in [2.45, 2.75) is 52.0 Å². The topological polar surface area (TPSA) is 57.6 Å². The van der Waals surface area contributed by atoms with Gasteiger partial charge in [-0.1, -0.05) is 39.8 Å². The average Bonchev–Trinajstić information content (AvgIpc) is 3.27. The lowest BCUT2D eigenvalue weighted by atomic mass is 9.86. The summed E-state index contributed by atoms with van der Waals surface area (Å²) in [6.45, 7) is 8.33. The number of carboxylic acid groups (broad SMARTS) is 1. The van der Waals surface area contributed by atoms with E-state index in [4.69, 9.17) is 5.11 Å². The van der Waals surface area contributed by atoms with Gasteiger partial charge >= 0.3 is 5.97 Å². The van der Waals surface area contributed by atoms with Crippen molar-refractivity contribution in [2.75, 3.05) is 6.54 Å². The first kappa shape index (κ1) is 16.5. The fourth-order valence-electron chi connectivity index (χ4n) is 2.44. The normalized spacial score (nSPS) is 16.2. The van der Waals surface area contributed by atoms with Gasteiger partial charge in [0.05, 0.1) is 5.92 Å². The molecule has 1 unspecified atom stereocenters. The molecule has 120 valence electrons. The van der Waals surface area contributed by atoms with Crippen molar-refractivity contribution in [3.63, 3.8) is 0 Å². The number of rotatable bonds is 5. The van der Waals surface area contributed by atoms with Crippen molar-refractivity contribution in [3.8, 4) is 0 Å². The molecule has 1 saturated carbocycles. The van der Waals surface area contributed by atoms with E-state index in [2.05, 4.69) is 20.8 Å². The molecule has 1 aromatic carbocycles. The molecule has 0 heterocycles. The molecule has 0 saturated heterocycles. The number of hydrogen-bond donors (Lipinski definition) is 1. The molecular weight excluding hydrogens is 278 g/mol. The molecule has 1 amide bonds. The highest BCUT2D eigenvalue weighted by Gasteiger charge is 2.35. The van der Waals surface area contributed by atoms with Crippen LogP contribution in [-0.2, 0) is 10.2 Å². The molecule has 0 aromatic heterocycles. The fourth-order valence-corrected chi connectivity index (χ4v) is 2.44. The molecule has 0 bridgehead atoms. The predicted molar refractivity (Wildman–Crippen MR) is 86.0 cm³/mol. The first-order valence-electron chi connectivity index (χ1n) is 7.84. The van der Waals surface area contributed by atoms with E-state index in [1.165, 1.54) is 5.56 Å². The number of carboxylic acids is 1. The maximum atomic E-state index is 12.7. The quantitative estimate of drug-likeness (QED) is 0.908. The SMILES string of the molecule is CC(CN(C(=O)c1ccc(C(C)(C)C)cc1)C1CC1)C(=O)O. The van der Waals surface area contributed by atoms with E-state index < -0.39 is 11.9 Å². The summed E-state index contributed by atoms with van der Waals surface area (Å²) in [6, 6.07) is 7.88. The maximum Gasteiger partial charge on any atom is 0.308 e. The Labute approximate surface area is 132 Å². The van der Waals surface area contributed by atoms with Crippen LogP contribution in [0.5, 0.6) is 0 Å². The molecule has 1 atom stereocenters. The van der Waals surface area contributed by atoms with Crippen LogP contribution in [0.4, 0.5) is 0 Å². The minimum atomic E-state index is -0.860. The zero-order chi connectivity index (χ0) is 16.5. The lowest BCUT2D eigenvalue weighted by Gasteiger charge is -2.25. The Balaban J connectivity index is 2.15. The third-order valence-electron chi connectivity index (χ3n) is 4.14. The Bertz CT molecular complexity index is 553. The third kappa shape index (κ3) is 3.87. The second-order valence-electron chi connectivity index (χ2n) is 7.26. The van der Waals surface area contributed by atoms with Crippen LogP contribution in [0.15, 0.2) is 24.3 Å². The van der Waals surface area contributed by atoms with Gasteiger partial charge in [-0.2, -0.15) is 0 Å². The Morgan fingerprint density at radius 2 is 1.77 bits per heavy atom. The van der Waals surface area contributed by atoms with E-state index in [0.29, 0.717) is 5.56 Å². The third-order valence-corrected chi connectivity index (χ3v) is 4.14. The highest BCUT2D eigenvalue weighted by molar-refractivity contribution is 5.95. The molecular formula is C18H25NO3. The molecule has 1 fully saturated rings. The molecule has 22 heavy (non-hydrogen) atoms. The fraction of sp³-hybridized carbons (Fsp3) is 0.556. The number of nitrogens with zero attached hydrogens (tertiary/aromatic N) is 1. The summed E-state index contributed by atoms with van der Waals surface area (Å²) in [5.74, 6) is -1.46. The molecule has 0 radical (unpaired) electrons. The van der Waals surface area contributed by atoms with E-state index in [-0.39, 0.29) is 23.9 Å². The van der Waals surface area contributed by atoms with Crippen LogP contribution >= 0.6 is 0 Å². The van der Waals surface area contributed by atoms with Gasteiger partial charge in [0.15, 0.2) is 0 Å². The van der Waals surface area contributed by atoms with E-state index in [1.54, 1.807) is 11.8 Å². The highest BCUT2D eigenvalue weighted by atomic mass is 16.4. The minimum absolute atomic E-state index is 0.0512. The van der Waals surface area contributed by atoms with Crippen molar-refractivity contribution in [1.29, 1.82) is 0 Å². The van der Waals surface area contributed by atoms with Crippen LogP contribution in [-0.4, -0.2) is 34.5 Å². The summed E-state index contributed by atoms with van der Waals surface area (Å²) in [6.07, 6.45) is 1.94. The second-order valence-corrected chi connectivity index (χ2v) is 7.26. The predicted octanol–water partition coefficient (Wildman–Crippen LogP) is 3.31. The van der Waals surface area contributed by atoms with Gasteiger partial charge in [-0.3, -0.25) is 9.59 Å². The van der Waals surface area contributed by atoms with Gasteiger partial charge in [-0.25, -0.2) is 0 Å². The summed E-state index contributed by atoms with van der Waals surface area (Å²) < 4.78 is 0. The van der Waals surface area contributed by atoms with E-state index in [9.17, 15) is 9.59 Å². The molecule has 1 aliphatic rings. The lowest BCUT2D eigenvalue weighted by Crippen LogP contribution is -2.38. The van der Waals surface area contributed by atoms with Crippen molar-refractivity contribution in [2.24, 2.45) is 5.92 Å². The first-order chi connectivity index (χ1) is 10.2. The van der Waals surface area contributed by atoms with Gasteiger partial charge in [0.2, 0.25) is 0 Å². The van der Waals surface area contributed by atoms with Gasteiger partial charge in [0, 0.05) is 18.2 Å². The van der Waals surface area contributed by atoms with Crippen LogP contribution in [0.25, 0.3) is 0 Å². The average molecular weight is 303 g/mol. The molecule has 0 aliphatic heterocycles. The van der Waals surface area contributed by atoms with Gasteiger partial charge in [0.1, 0.15) is 0 Å². The van der Waals surface area contributed by atoms with Crippen LogP contribution < -0.4 is 0 Å². The van der Waals surface area contributed by atoms with Crippen LogP contribution in [0.2, 0.25) is 0 Å². The van der Waals surface area contributed by atoms with Crippen LogP contribution in [0.1, 0.15) is 56.5 Å². The molecule has 1 aliphatic carbocycles. The summed E-state index contributed by atoms with van der Waals surface area (Å²) in [7, 11) is 0. The zero-order valence-electron chi connectivity index (χ0n) is 13.8. The van der Waals surface area contributed by atoms with E-state index >= 15 is 0 Å². The molecule has 4 heteroatoms. The van der Waals surface area contributed by atoms with Crippen molar-refractivity contribution in [3.05, 3.63) is 35.4 Å². The Kier molecular flexibility index (Phi) is 4.59. The molecule has 4 nitrogen and oxygen atoms in total. The Hall–Kier alpha value is -1.84. The Morgan fingerprint density at radius 1 is 1.23 bits per heavy atom. The molecule has 1 N–H and O–H groups in total. The largest absolute Gasteiger partial charge is 0.481 e. The number of hydrogen-bond acceptors (Lipinski definition) is 2. The Morgan fingerprint density at radius 3 is 2.18 bits per heavy atom. The first-order valence-corrected chi connectivity index (χ1v) is 7.84. The number of benzene rings is 1. The standard InChI is InChI=1S/C18H25NO3/c1-12(17(21)22)11-19(15-9-10-15)16(20)13-5-7-14(8-6-13)18(2,3)4/h5-8,12,15H,9-11H2,1-4H3,(H,21,22). The van der Waals surface area contributed by atoms with Crippen LogP contribution in [0, 0.1) is 5.92 Å². The molecule has 1 aromatic rings. The van der Waals surface area contributed by atoms with Crippen molar-refractivity contribution < 1.29 is 14.7 Å².